The lowest BCUT2D eigenvalue weighted by Crippen LogP contribution is -2.32. The van der Waals surface area contributed by atoms with E-state index in [1.54, 1.807) is 12.1 Å². The number of carboxylic acid groups (broad SMARTS) is 1. The highest BCUT2D eigenvalue weighted by Gasteiger charge is 2.21. The van der Waals surface area contributed by atoms with Gasteiger partial charge in [0.15, 0.2) is 5.82 Å². The Hall–Kier alpha value is -1.41. The lowest BCUT2D eigenvalue weighted by molar-refractivity contribution is -0.138. The summed E-state index contributed by atoms with van der Waals surface area (Å²) in [5, 5.41) is 12.0. The summed E-state index contributed by atoms with van der Waals surface area (Å²) in [6.45, 7) is 0. The van der Waals surface area contributed by atoms with Crippen molar-refractivity contribution in [1.29, 1.82) is 0 Å². The lowest BCUT2D eigenvalue weighted by Gasteiger charge is -2.14. The highest BCUT2D eigenvalue weighted by Crippen LogP contribution is 2.21. The molecule has 1 atom stereocenters. The maximum Gasteiger partial charge on any atom is 0.326 e. The third-order valence-corrected chi connectivity index (χ3v) is 3.23. The number of carboxylic acids is 1. The van der Waals surface area contributed by atoms with Gasteiger partial charge >= 0.3 is 5.97 Å². The zero-order valence-electron chi connectivity index (χ0n) is 9.51. The number of rotatable bonds is 5. The van der Waals surface area contributed by atoms with Crippen molar-refractivity contribution in [2.24, 2.45) is 0 Å². The maximum absolute atomic E-state index is 11.2. The smallest absolute Gasteiger partial charge is 0.326 e. The lowest BCUT2D eigenvalue weighted by atomic mass is 10.1. The molecule has 6 nitrogen and oxygen atoms in total. The Morgan fingerprint density at radius 3 is 2.89 bits per heavy atom. The molecule has 1 unspecified atom stereocenters. The van der Waals surface area contributed by atoms with Gasteiger partial charge in [0, 0.05) is 6.42 Å². The molecule has 0 bridgehead atoms. The minimum absolute atomic E-state index is 0.215. The summed E-state index contributed by atoms with van der Waals surface area (Å²) in [5.74, 6) is -0.0451. The van der Waals surface area contributed by atoms with Crippen LogP contribution in [0.3, 0.4) is 0 Å². The minimum atomic E-state index is -0.993. The highest BCUT2D eigenvalue weighted by atomic mass is 79.9. The van der Waals surface area contributed by atoms with Gasteiger partial charge in [-0.1, -0.05) is 0 Å². The normalized spacial score (nSPS) is 12.1. The summed E-state index contributed by atoms with van der Waals surface area (Å²) in [4.78, 5) is 19.4. The number of aromatic nitrogens is 2. The van der Waals surface area contributed by atoms with Crippen molar-refractivity contribution >= 4 is 43.6 Å². The average molecular weight is 391 g/mol. The van der Waals surface area contributed by atoms with Crippen molar-refractivity contribution in [3.8, 4) is 0 Å². The van der Waals surface area contributed by atoms with E-state index in [9.17, 15) is 9.90 Å². The molecule has 100 valence electrons. The van der Waals surface area contributed by atoms with Gasteiger partial charge in [-0.3, -0.25) is 0 Å². The monoisotopic (exact) mass is 389 g/mol. The highest BCUT2D eigenvalue weighted by molar-refractivity contribution is 9.11. The molecule has 2 aromatic heterocycles. The predicted molar refractivity (Wildman–Crippen MR) is 74.9 cm³/mol. The molecular weight excluding hydrogens is 382 g/mol. The molecule has 0 aromatic carbocycles. The van der Waals surface area contributed by atoms with Crippen LogP contribution in [-0.4, -0.2) is 27.1 Å². The SMILES string of the molecule is O=C(O)C(Cc1ccco1)Nc1ncc(Br)nc1Br. The quantitative estimate of drug-likeness (QED) is 0.815. The van der Waals surface area contributed by atoms with Crippen LogP contribution in [0.1, 0.15) is 5.76 Å². The molecule has 0 aliphatic carbocycles. The molecule has 2 heterocycles. The Balaban J connectivity index is 2.14. The number of hydrogen-bond acceptors (Lipinski definition) is 5. The summed E-state index contributed by atoms with van der Waals surface area (Å²) in [7, 11) is 0. The maximum atomic E-state index is 11.2. The third kappa shape index (κ3) is 3.77. The van der Waals surface area contributed by atoms with Crippen LogP contribution in [0.25, 0.3) is 0 Å². The average Bonchev–Trinajstić information content (AvgIpc) is 2.84. The summed E-state index contributed by atoms with van der Waals surface area (Å²) in [6.07, 6.45) is 3.20. The first kappa shape index (κ1) is 14.0. The molecule has 0 amide bonds. The van der Waals surface area contributed by atoms with Crippen molar-refractivity contribution < 1.29 is 14.3 Å². The van der Waals surface area contributed by atoms with E-state index < -0.39 is 12.0 Å². The van der Waals surface area contributed by atoms with E-state index in [2.05, 4.69) is 47.1 Å². The van der Waals surface area contributed by atoms with E-state index in [1.807, 2.05) is 0 Å². The Morgan fingerprint density at radius 2 is 2.32 bits per heavy atom. The van der Waals surface area contributed by atoms with Gasteiger partial charge in [-0.2, -0.15) is 0 Å². The van der Waals surface area contributed by atoms with Crippen molar-refractivity contribution in [2.75, 3.05) is 5.32 Å². The van der Waals surface area contributed by atoms with Crippen LogP contribution in [-0.2, 0) is 11.2 Å². The van der Waals surface area contributed by atoms with Crippen molar-refractivity contribution in [3.63, 3.8) is 0 Å². The molecule has 0 spiro atoms. The van der Waals surface area contributed by atoms with Crippen LogP contribution >= 0.6 is 31.9 Å². The zero-order valence-corrected chi connectivity index (χ0v) is 12.7. The second-order valence-corrected chi connectivity index (χ2v) is 5.21. The molecule has 2 aromatic rings. The number of halogens is 2. The summed E-state index contributed by atoms with van der Waals surface area (Å²) < 4.78 is 6.14. The van der Waals surface area contributed by atoms with Gasteiger partial charge < -0.3 is 14.8 Å². The minimum Gasteiger partial charge on any atom is -0.480 e. The predicted octanol–water partition coefficient (Wildman–Crippen LogP) is 2.70. The van der Waals surface area contributed by atoms with Gasteiger partial charge in [0.2, 0.25) is 0 Å². The van der Waals surface area contributed by atoms with Crippen molar-refractivity contribution in [2.45, 2.75) is 12.5 Å². The molecule has 8 heteroatoms. The molecular formula is C11H9Br2N3O3. The van der Waals surface area contributed by atoms with Gasteiger partial charge in [0.05, 0.1) is 12.5 Å². The Morgan fingerprint density at radius 1 is 1.53 bits per heavy atom. The number of nitrogens with zero attached hydrogens (tertiary/aromatic N) is 2. The topological polar surface area (TPSA) is 88.2 Å². The fourth-order valence-electron chi connectivity index (χ4n) is 1.44. The third-order valence-electron chi connectivity index (χ3n) is 2.30. The van der Waals surface area contributed by atoms with E-state index in [0.29, 0.717) is 20.8 Å². The molecule has 0 aliphatic heterocycles. The molecule has 0 saturated heterocycles. The second-order valence-electron chi connectivity index (χ2n) is 3.65. The zero-order chi connectivity index (χ0) is 13.8. The Kier molecular flexibility index (Phi) is 4.54. The van der Waals surface area contributed by atoms with Crippen LogP contribution in [0, 0.1) is 0 Å². The van der Waals surface area contributed by atoms with E-state index >= 15 is 0 Å². The molecule has 0 radical (unpaired) electrons. The number of nitrogens with one attached hydrogen (secondary N) is 1. The molecule has 0 aliphatic rings. The van der Waals surface area contributed by atoms with Gasteiger partial charge in [-0.15, -0.1) is 0 Å². The Bertz CT molecular complexity index is 575. The fraction of sp³-hybridized carbons (Fsp3) is 0.182. The number of anilines is 1. The molecule has 0 saturated carbocycles. The number of hydrogen-bond donors (Lipinski definition) is 2. The summed E-state index contributed by atoms with van der Waals surface area (Å²) >= 11 is 6.40. The first-order valence-corrected chi connectivity index (χ1v) is 6.84. The first-order chi connectivity index (χ1) is 9.06. The number of aliphatic carboxylic acids is 1. The molecule has 0 fully saturated rings. The van der Waals surface area contributed by atoms with Crippen molar-refractivity contribution in [3.05, 3.63) is 39.6 Å². The van der Waals surface area contributed by atoms with Gasteiger partial charge in [-0.05, 0) is 44.0 Å². The van der Waals surface area contributed by atoms with Gasteiger partial charge in [-0.25, -0.2) is 14.8 Å². The van der Waals surface area contributed by atoms with Crippen LogP contribution in [0.4, 0.5) is 5.82 Å². The van der Waals surface area contributed by atoms with E-state index in [-0.39, 0.29) is 6.42 Å². The van der Waals surface area contributed by atoms with Crippen molar-refractivity contribution in [1.82, 2.24) is 9.97 Å². The van der Waals surface area contributed by atoms with E-state index in [4.69, 9.17) is 4.42 Å². The largest absolute Gasteiger partial charge is 0.480 e. The van der Waals surface area contributed by atoms with Crippen LogP contribution in [0.15, 0.2) is 38.2 Å². The van der Waals surface area contributed by atoms with Crippen LogP contribution in [0.5, 0.6) is 0 Å². The van der Waals surface area contributed by atoms with E-state index in [1.165, 1.54) is 12.5 Å². The molecule has 2 rings (SSSR count). The summed E-state index contributed by atoms with van der Waals surface area (Å²) in [6, 6.07) is 2.58. The fourth-order valence-corrected chi connectivity index (χ4v) is 2.36. The van der Waals surface area contributed by atoms with Gasteiger partial charge in [0.1, 0.15) is 21.0 Å². The van der Waals surface area contributed by atoms with Crippen LogP contribution < -0.4 is 5.32 Å². The molecule has 19 heavy (non-hydrogen) atoms. The standard InChI is InChI=1S/C11H9Br2N3O3/c12-8-5-14-10(9(13)16-8)15-7(11(17)18)4-6-2-1-3-19-6/h1-3,5,7H,4H2,(H,14,15)(H,17,18). The number of carbonyl (C=O) groups is 1. The Labute approximate surface area is 125 Å². The number of furan rings is 1. The second kappa shape index (κ2) is 6.16. The first-order valence-electron chi connectivity index (χ1n) is 5.26. The summed E-state index contributed by atoms with van der Waals surface area (Å²) in [5.41, 5.74) is 0. The molecule has 2 N–H and O–H groups in total. The van der Waals surface area contributed by atoms with E-state index in [0.717, 1.165) is 0 Å². The van der Waals surface area contributed by atoms with Crippen LogP contribution in [0.2, 0.25) is 0 Å². The van der Waals surface area contributed by atoms with Gasteiger partial charge in [0.25, 0.3) is 0 Å².